The molecule has 0 bridgehead atoms. The molecule has 1 aliphatic rings. The highest BCUT2D eigenvalue weighted by atomic mass is 32.1. The smallest absolute Gasteiger partial charge is 0.410 e. The molecular formula is C22H21N3O3S. The molecule has 4 rings (SSSR count). The van der Waals surface area contributed by atoms with Crippen LogP contribution in [0.5, 0.6) is 5.75 Å². The number of hydrogen-bond acceptors (Lipinski definition) is 5. The van der Waals surface area contributed by atoms with Gasteiger partial charge in [-0.2, -0.15) is 0 Å². The molecule has 0 saturated carbocycles. The van der Waals surface area contributed by atoms with Crippen molar-refractivity contribution in [3.05, 3.63) is 76.8 Å². The van der Waals surface area contributed by atoms with Crippen molar-refractivity contribution in [3.8, 4) is 5.75 Å². The first-order valence-electron chi connectivity index (χ1n) is 9.29. The SMILES string of the molecule is CNC(=O)Oc1ccc2c(c1)C(c1ccccc1)C(C)(C(=O)Nc1nccs1)C2. The number of carbonyl (C=O) groups is 2. The molecule has 0 spiro atoms. The van der Waals surface area contributed by atoms with Crippen LogP contribution >= 0.6 is 11.3 Å². The number of benzene rings is 2. The number of nitrogens with zero attached hydrogens (tertiary/aromatic N) is 1. The molecular weight excluding hydrogens is 386 g/mol. The Balaban J connectivity index is 1.75. The average Bonchev–Trinajstić information content (AvgIpc) is 3.34. The largest absolute Gasteiger partial charge is 0.412 e. The molecule has 2 aromatic carbocycles. The van der Waals surface area contributed by atoms with E-state index in [2.05, 4.69) is 15.6 Å². The van der Waals surface area contributed by atoms with E-state index in [0.717, 1.165) is 16.7 Å². The minimum absolute atomic E-state index is 0.0775. The van der Waals surface area contributed by atoms with E-state index in [-0.39, 0.29) is 11.8 Å². The maximum Gasteiger partial charge on any atom is 0.412 e. The molecule has 0 saturated heterocycles. The summed E-state index contributed by atoms with van der Waals surface area (Å²) in [5.74, 6) is 0.201. The van der Waals surface area contributed by atoms with Gasteiger partial charge in [0.2, 0.25) is 5.91 Å². The van der Waals surface area contributed by atoms with Gasteiger partial charge in [0, 0.05) is 24.5 Å². The first kappa shape index (κ1) is 19.1. The van der Waals surface area contributed by atoms with Crippen molar-refractivity contribution in [2.24, 2.45) is 5.41 Å². The Hall–Kier alpha value is -3.19. The molecule has 1 aromatic heterocycles. The van der Waals surface area contributed by atoms with Crippen LogP contribution in [0.15, 0.2) is 60.1 Å². The number of hydrogen-bond donors (Lipinski definition) is 2. The highest BCUT2D eigenvalue weighted by molar-refractivity contribution is 7.13. The van der Waals surface area contributed by atoms with E-state index in [4.69, 9.17) is 4.74 Å². The van der Waals surface area contributed by atoms with Crippen molar-refractivity contribution in [2.45, 2.75) is 19.3 Å². The molecule has 0 radical (unpaired) electrons. The average molecular weight is 407 g/mol. The van der Waals surface area contributed by atoms with Gasteiger partial charge in [0.05, 0.1) is 5.41 Å². The van der Waals surface area contributed by atoms with Crippen LogP contribution in [0.3, 0.4) is 0 Å². The van der Waals surface area contributed by atoms with Crippen LogP contribution in [-0.4, -0.2) is 24.0 Å². The van der Waals surface area contributed by atoms with Crippen LogP contribution < -0.4 is 15.4 Å². The Labute approximate surface area is 172 Å². The van der Waals surface area contributed by atoms with Gasteiger partial charge in [-0.3, -0.25) is 4.79 Å². The molecule has 2 amide bonds. The summed E-state index contributed by atoms with van der Waals surface area (Å²) < 4.78 is 5.33. The second kappa shape index (κ2) is 7.67. The van der Waals surface area contributed by atoms with Crippen LogP contribution in [0.1, 0.15) is 29.5 Å². The number of carbonyl (C=O) groups excluding carboxylic acids is 2. The van der Waals surface area contributed by atoms with Gasteiger partial charge in [0.25, 0.3) is 0 Å². The third-order valence-electron chi connectivity index (χ3n) is 5.34. The van der Waals surface area contributed by atoms with Crippen molar-refractivity contribution in [2.75, 3.05) is 12.4 Å². The monoisotopic (exact) mass is 407 g/mol. The van der Waals surface area contributed by atoms with Crippen LogP contribution in [-0.2, 0) is 11.2 Å². The Bertz CT molecular complexity index is 1040. The first-order chi connectivity index (χ1) is 14.0. The quantitative estimate of drug-likeness (QED) is 0.679. The van der Waals surface area contributed by atoms with Gasteiger partial charge in [-0.05, 0) is 42.2 Å². The van der Waals surface area contributed by atoms with Gasteiger partial charge < -0.3 is 15.4 Å². The van der Waals surface area contributed by atoms with E-state index in [1.807, 2.05) is 54.8 Å². The highest BCUT2D eigenvalue weighted by Crippen LogP contribution is 2.52. The Kier molecular flexibility index (Phi) is 5.07. The van der Waals surface area contributed by atoms with Crippen molar-refractivity contribution in [1.29, 1.82) is 0 Å². The lowest BCUT2D eigenvalue weighted by Crippen LogP contribution is -2.37. The summed E-state index contributed by atoms with van der Waals surface area (Å²) in [6.45, 7) is 1.98. The number of rotatable bonds is 4. The maximum absolute atomic E-state index is 13.4. The summed E-state index contributed by atoms with van der Waals surface area (Å²) >= 11 is 1.39. The topological polar surface area (TPSA) is 80.3 Å². The zero-order valence-corrected chi connectivity index (χ0v) is 17.0. The second-order valence-electron chi connectivity index (χ2n) is 7.23. The van der Waals surface area contributed by atoms with Gasteiger partial charge in [-0.1, -0.05) is 36.4 Å². The molecule has 2 unspecified atom stereocenters. The zero-order valence-electron chi connectivity index (χ0n) is 16.1. The molecule has 6 nitrogen and oxygen atoms in total. The van der Waals surface area contributed by atoms with E-state index in [0.29, 0.717) is 17.3 Å². The summed E-state index contributed by atoms with van der Waals surface area (Å²) in [4.78, 5) is 29.2. The number of thiazole rings is 1. The molecule has 2 atom stereocenters. The Morgan fingerprint density at radius 1 is 1.21 bits per heavy atom. The summed E-state index contributed by atoms with van der Waals surface area (Å²) in [7, 11) is 1.52. The van der Waals surface area contributed by atoms with Crippen LogP contribution in [0, 0.1) is 5.41 Å². The van der Waals surface area contributed by atoms with Gasteiger partial charge in [-0.25, -0.2) is 9.78 Å². The van der Waals surface area contributed by atoms with Gasteiger partial charge >= 0.3 is 6.09 Å². The molecule has 7 heteroatoms. The molecule has 2 N–H and O–H groups in total. The second-order valence-corrected chi connectivity index (χ2v) is 8.12. The van der Waals surface area contributed by atoms with E-state index < -0.39 is 11.5 Å². The number of anilines is 1. The maximum atomic E-state index is 13.4. The fourth-order valence-corrected chi connectivity index (χ4v) is 4.52. The predicted molar refractivity (Wildman–Crippen MR) is 112 cm³/mol. The molecule has 3 aromatic rings. The van der Waals surface area contributed by atoms with Gasteiger partial charge in [0.15, 0.2) is 5.13 Å². The van der Waals surface area contributed by atoms with Crippen molar-refractivity contribution < 1.29 is 14.3 Å². The normalized spacial score (nSPS) is 20.0. The van der Waals surface area contributed by atoms with E-state index in [9.17, 15) is 9.59 Å². The predicted octanol–water partition coefficient (Wildman–Crippen LogP) is 4.19. The fourth-order valence-electron chi connectivity index (χ4n) is 3.99. The lowest BCUT2D eigenvalue weighted by Gasteiger charge is -2.31. The van der Waals surface area contributed by atoms with Crippen molar-refractivity contribution in [1.82, 2.24) is 10.3 Å². The Morgan fingerprint density at radius 2 is 2.00 bits per heavy atom. The number of aromatic nitrogens is 1. The third-order valence-corrected chi connectivity index (χ3v) is 6.03. The summed E-state index contributed by atoms with van der Waals surface area (Å²) in [6, 6.07) is 15.5. The number of nitrogens with one attached hydrogen (secondary N) is 2. The van der Waals surface area contributed by atoms with Crippen molar-refractivity contribution in [3.63, 3.8) is 0 Å². The lowest BCUT2D eigenvalue weighted by atomic mass is 9.73. The first-order valence-corrected chi connectivity index (χ1v) is 10.2. The summed E-state index contributed by atoms with van der Waals surface area (Å²) in [6.07, 6.45) is 1.73. The number of amides is 2. The zero-order chi connectivity index (χ0) is 20.4. The Morgan fingerprint density at radius 3 is 2.69 bits per heavy atom. The molecule has 1 heterocycles. The molecule has 0 aliphatic heterocycles. The molecule has 0 fully saturated rings. The lowest BCUT2D eigenvalue weighted by molar-refractivity contribution is -0.125. The number of fused-ring (bicyclic) bond motifs is 1. The number of ether oxygens (including phenoxy) is 1. The minimum atomic E-state index is -0.707. The van der Waals surface area contributed by atoms with Crippen LogP contribution in [0.4, 0.5) is 9.93 Å². The molecule has 1 aliphatic carbocycles. The van der Waals surface area contributed by atoms with E-state index in [1.54, 1.807) is 12.3 Å². The van der Waals surface area contributed by atoms with Crippen LogP contribution in [0.25, 0.3) is 0 Å². The molecule has 148 valence electrons. The summed E-state index contributed by atoms with van der Waals surface area (Å²) in [5, 5.41) is 7.84. The summed E-state index contributed by atoms with van der Waals surface area (Å²) in [5.41, 5.74) is 2.40. The van der Waals surface area contributed by atoms with Gasteiger partial charge in [-0.15, -0.1) is 11.3 Å². The van der Waals surface area contributed by atoms with E-state index in [1.165, 1.54) is 18.4 Å². The van der Waals surface area contributed by atoms with E-state index >= 15 is 0 Å². The van der Waals surface area contributed by atoms with Crippen LogP contribution in [0.2, 0.25) is 0 Å². The third kappa shape index (κ3) is 3.61. The molecule has 29 heavy (non-hydrogen) atoms. The van der Waals surface area contributed by atoms with Gasteiger partial charge in [0.1, 0.15) is 5.75 Å². The fraction of sp³-hybridized carbons (Fsp3) is 0.227. The minimum Gasteiger partial charge on any atom is -0.410 e. The van der Waals surface area contributed by atoms with Crippen molar-refractivity contribution >= 4 is 28.5 Å². The highest BCUT2D eigenvalue weighted by Gasteiger charge is 2.49. The standard InChI is InChI=1S/C22H21N3O3S/c1-22(19(26)25-20-24-10-11-29-20)13-15-8-9-16(28-21(27)23-2)12-17(15)18(22)14-6-4-3-5-7-14/h3-12,18H,13H2,1-2H3,(H,23,27)(H,24,25,26).